The van der Waals surface area contributed by atoms with Gasteiger partial charge in [0.1, 0.15) is 0 Å². The predicted octanol–water partition coefficient (Wildman–Crippen LogP) is 1.34. The van der Waals surface area contributed by atoms with Crippen molar-refractivity contribution in [2.24, 2.45) is 5.73 Å². The minimum Gasteiger partial charge on any atom is -0.384 e. The maximum absolute atomic E-state index is 10.1. The summed E-state index contributed by atoms with van der Waals surface area (Å²) in [5, 5.41) is 10.1. The molecule has 14 heavy (non-hydrogen) atoms. The van der Waals surface area contributed by atoms with Crippen LogP contribution in [0.25, 0.3) is 0 Å². The number of rotatable bonds is 2. The standard InChI is InChI=1S/C12H17NO/c1-12(14,8-13)11-7-3-5-9-4-2-6-10(9)11/h3,5,7,14H,2,4,6,8,13H2,1H3. The van der Waals surface area contributed by atoms with Crippen molar-refractivity contribution in [2.45, 2.75) is 31.8 Å². The first-order valence-electron chi connectivity index (χ1n) is 5.19. The summed E-state index contributed by atoms with van der Waals surface area (Å²) in [6, 6.07) is 6.17. The van der Waals surface area contributed by atoms with E-state index >= 15 is 0 Å². The number of benzene rings is 1. The third-order valence-electron chi connectivity index (χ3n) is 3.12. The van der Waals surface area contributed by atoms with Crippen molar-refractivity contribution in [1.29, 1.82) is 0 Å². The molecule has 76 valence electrons. The largest absolute Gasteiger partial charge is 0.384 e. The van der Waals surface area contributed by atoms with Gasteiger partial charge >= 0.3 is 0 Å². The van der Waals surface area contributed by atoms with Gasteiger partial charge in [-0.25, -0.2) is 0 Å². The van der Waals surface area contributed by atoms with Crippen LogP contribution in [0.5, 0.6) is 0 Å². The molecule has 0 saturated carbocycles. The van der Waals surface area contributed by atoms with E-state index in [4.69, 9.17) is 5.73 Å². The molecule has 1 aliphatic carbocycles. The number of aryl methyl sites for hydroxylation is 1. The highest BCUT2D eigenvalue weighted by Crippen LogP contribution is 2.31. The molecular weight excluding hydrogens is 174 g/mol. The molecule has 2 heteroatoms. The second kappa shape index (κ2) is 3.37. The molecule has 3 N–H and O–H groups in total. The van der Waals surface area contributed by atoms with Crippen molar-refractivity contribution in [2.75, 3.05) is 6.54 Å². The minimum atomic E-state index is -0.865. The van der Waals surface area contributed by atoms with Crippen LogP contribution in [0.1, 0.15) is 30.0 Å². The van der Waals surface area contributed by atoms with Crippen LogP contribution in [0.15, 0.2) is 18.2 Å². The molecule has 0 aliphatic heterocycles. The summed E-state index contributed by atoms with van der Waals surface area (Å²) in [6.45, 7) is 2.07. The highest BCUT2D eigenvalue weighted by Gasteiger charge is 2.26. The third kappa shape index (κ3) is 1.45. The van der Waals surface area contributed by atoms with Gasteiger partial charge in [0, 0.05) is 6.54 Å². The first kappa shape index (κ1) is 9.69. The summed E-state index contributed by atoms with van der Waals surface area (Å²) in [7, 11) is 0. The Morgan fingerprint density at radius 1 is 1.43 bits per heavy atom. The van der Waals surface area contributed by atoms with E-state index in [1.54, 1.807) is 6.92 Å². The van der Waals surface area contributed by atoms with E-state index in [1.807, 2.05) is 12.1 Å². The quantitative estimate of drug-likeness (QED) is 0.741. The van der Waals surface area contributed by atoms with Crippen LogP contribution in [0.3, 0.4) is 0 Å². The van der Waals surface area contributed by atoms with Crippen molar-refractivity contribution < 1.29 is 5.11 Å². The van der Waals surface area contributed by atoms with Crippen molar-refractivity contribution >= 4 is 0 Å². The Balaban J connectivity index is 2.49. The van der Waals surface area contributed by atoms with Gasteiger partial charge in [-0.2, -0.15) is 0 Å². The van der Waals surface area contributed by atoms with Crippen molar-refractivity contribution in [3.63, 3.8) is 0 Å². The van der Waals surface area contributed by atoms with E-state index in [2.05, 4.69) is 6.07 Å². The SMILES string of the molecule is CC(O)(CN)c1cccc2c1CCC2. The van der Waals surface area contributed by atoms with Gasteiger partial charge in [0.2, 0.25) is 0 Å². The van der Waals surface area contributed by atoms with E-state index in [0.29, 0.717) is 0 Å². The van der Waals surface area contributed by atoms with Crippen molar-refractivity contribution in [1.82, 2.24) is 0 Å². The van der Waals surface area contributed by atoms with Gasteiger partial charge in [0.05, 0.1) is 5.60 Å². The van der Waals surface area contributed by atoms with Gasteiger partial charge in [0.25, 0.3) is 0 Å². The summed E-state index contributed by atoms with van der Waals surface area (Å²) >= 11 is 0. The van der Waals surface area contributed by atoms with Crippen molar-refractivity contribution in [3.8, 4) is 0 Å². The number of nitrogens with two attached hydrogens (primary N) is 1. The maximum Gasteiger partial charge on any atom is 0.0992 e. The summed E-state index contributed by atoms with van der Waals surface area (Å²) < 4.78 is 0. The van der Waals surface area contributed by atoms with Crippen LogP contribution >= 0.6 is 0 Å². The zero-order valence-corrected chi connectivity index (χ0v) is 8.59. The normalized spacial score (nSPS) is 19.1. The Bertz CT molecular complexity index is 344. The molecule has 0 saturated heterocycles. The molecule has 0 heterocycles. The second-order valence-corrected chi connectivity index (χ2v) is 4.27. The summed E-state index contributed by atoms with van der Waals surface area (Å²) in [5.74, 6) is 0. The molecule has 1 atom stereocenters. The lowest BCUT2D eigenvalue weighted by atomic mass is 9.90. The Morgan fingerprint density at radius 2 is 2.21 bits per heavy atom. The monoisotopic (exact) mass is 191 g/mol. The van der Waals surface area contributed by atoms with E-state index in [1.165, 1.54) is 17.5 Å². The fraction of sp³-hybridized carbons (Fsp3) is 0.500. The Morgan fingerprint density at radius 3 is 2.93 bits per heavy atom. The van der Waals surface area contributed by atoms with Gasteiger partial charge < -0.3 is 10.8 Å². The lowest BCUT2D eigenvalue weighted by Gasteiger charge is -2.24. The van der Waals surface area contributed by atoms with Crippen LogP contribution in [-0.2, 0) is 18.4 Å². The molecule has 2 nitrogen and oxygen atoms in total. The third-order valence-corrected chi connectivity index (χ3v) is 3.12. The smallest absolute Gasteiger partial charge is 0.0992 e. The van der Waals surface area contributed by atoms with Crippen LogP contribution in [0.4, 0.5) is 0 Å². The lowest BCUT2D eigenvalue weighted by molar-refractivity contribution is 0.0659. The fourth-order valence-electron chi connectivity index (χ4n) is 2.23. The molecule has 0 bridgehead atoms. The zero-order chi connectivity index (χ0) is 10.2. The van der Waals surface area contributed by atoms with E-state index in [9.17, 15) is 5.11 Å². The van der Waals surface area contributed by atoms with E-state index in [0.717, 1.165) is 18.4 Å². The fourth-order valence-corrected chi connectivity index (χ4v) is 2.23. The Kier molecular flexibility index (Phi) is 2.33. The average Bonchev–Trinajstić information content (AvgIpc) is 2.64. The summed E-state index contributed by atoms with van der Waals surface area (Å²) in [4.78, 5) is 0. The predicted molar refractivity (Wildman–Crippen MR) is 57.1 cm³/mol. The maximum atomic E-state index is 10.1. The first-order valence-corrected chi connectivity index (χ1v) is 5.19. The molecular formula is C12H17NO. The van der Waals surface area contributed by atoms with Gasteiger partial charge in [0.15, 0.2) is 0 Å². The summed E-state index contributed by atoms with van der Waals surface area (Å²) in [6.07, 6.45) is 3.43. The molecule has 1 unspecified atom stereocenters. The molecule has 1 aromatic carbocycles. The van der Waals surface area contributed by atoms with E-state index in [-0.39, 0.29) is 6.54 Å². The number of hydrogen-bond acceptors (Lipinski definition) is 2. The van der Waals surface area contributed by atoms with Crippen LogP contribution < -0.4 is 5.73 Å². The minimum absolute atomic E-state index is 0.281. The highest BCUT2D eigenvalue weighted by atomic mass is 16.3. The second-order valence-electron chi connectivity index (χ2n) is 4.27. The van der Waals surface area contributed by atoms with Crippen LogP contribution in [0.2, 0.25) is 0 Å². The van der Waals surface area contributed by atoms with Gasteiger partial charge in [-0.05, 0) is 42.9 Å². The van der Waals surface area contributed by atoms with Crippen molar-refractivity contribution in [3.05, 3.63) is 34.9 Å². The average molecular weight is 191 g/mol. The van der Waals surface area contributed by atoms with Gasteiger partial charge in [-0.3, -0.25) is 0 Å². The molecule has 0 aromatic heterocycles. The Labute approximate surface area is 84.7 Å². The first-order chi connectivity index (χ1) is 6.65. The molecule has 0 amide bonds. The van der Waals surface area contributed by atoms with Gasteiger partial charge in [-0.15, -0.1) is 0 Å². The van der Waals surface area contributed by atoms with E-state index < -0.39 is 5.60 Å². The highest BCUT2D eigenvalue weighted by molar-refractivity contribution is 5.41. The van der Waals surface area contributed by atoms with Gasteiger partial charge in [-0.1, -0.05) is 18.2 Å². The Hall–Kier alpha value is -0.860. The molecule has 2 rings (SSSR count). The van der Waals surface area contributed by atoms with Crippen LogP contribution in [0, 0.1) is 0 Å². The lowest BCUT2D eigenvalue weighted by Crippen LogP contribution is -2.32. The molecule has 1 aliphatic rings. The van der Waals surface area contributed by atoms with Crippen LogP contribution in [-0.4, -0.2) is 11.7 Å². The number of fused-ring (bicyclic) bond motifs is 1. The molecule has 0 spiro atoms. The zero-order valence-electron chi connectivity index (χ0n) is 8.59. The molecule has 0 fully saturated rings. The number of hydrogen-bond donors (Lipinski definition) is 2. The summed E-state index contributed by atoms with van der Waals surface area (Å²) in [5.41, 5.74) is 8.45. The topological polar surface area (TPSA) is 46.2 Å². The number of aliphatic hydroxyl groups is 1. The molecule has 0 radical (unpaired) electrons. The molecule has 1 aromatic rings.